The first kappa shape index (κ1) is 23.3. The fourth-order valence-electron chi connectivity index (χ4n) is 2.98. The number of sulfonamides is 1. The summed E-state index contributed by atoms with van der Waals surface area (Å²) in [6, 6.07) is 6.00. The smallest absolute Gasteiger partial charge is 0.344 e. The highest BCUT2D eigenvalue weighted by atomic mass is 32.2. The average molecular weight is 467 g/mol. The Balaban J connectivity index is 0.00000300. The third-order valence-electron chi connectivity index (χ3n) is 4.35. The van der Waals surface area contributed by atoms with Crippen LogP contribution in [0.15, 0.2) is 29.1 Å². The zero-order valence-corrected chi connectivity index (χ0v) is 17.7. The van der Waals surface area contributed by atoms with E-state index in [-0.39, 0.29) is 42.8 Å². The van der Waals surface area contributed by atoms with Crippen molar-refractivity contribution in [2.24, 2.45) is 0 Å². The van der Waals surface area contributed by atoms with Crippen LogP contribution in [-0.4, -0.2) is 36.0 Å². The maximum Gasteiger partial charge on any atom is 0.418 e. The van der Waals surface area contributed by atoms with Gasteiger partial charge in [-0.05, 0) is 30.1 Å². The van der Waals surface area contributed by atoms with Crippen LogP contribution in [0.25, 0.3) is 0 Å². The van der Waals surface area contributed by atoms with Crippen LogP contribution in [0.2, 0.25) is 0 Å². The molecule has 1 atom stereocenters. The SMILES string of the molecule is CS(=O)(=O)N1CC[C@H](n2sc(Nc3ccccc3C(F)(F)F)c(C#N)c2=O)C1.S. The maximum absolute atomic E-state index is 13.2. The molecule has 0 spiro atoms. The minimum absolute atomic E-state index is 0. The second-order valence-electron chi connectivity index (χ2n) is 6.27. The molecule has 2 heterocycles. The number of para-hydroxylation sites is 1. The number of rotatable bonds is 4. The maximum atomic E-state index is 13.2. The molecule has 0 amide bonds. The second-order valence-corrected chi connectivity index (χ2v) is 9.24. The van der Waals surface area contributed by atoms with Gasteiger partial charge in [-0.3, -0.25) is 8.75 Å². The molecule has 0 radical (unpaired) electrons. The number of anilines is 2. The first-order chi connectivity index (χ1) is 13.0. The van der Waals surface area contributed by atoms with Crippen LogP contribution < -0.4 is 10.9 Å². The van der Waals surface area contributed by atoms with Crippen molar-refractivity contribution in [2.75, 3.05) is 24.7 Å². The lowest BCUT2D eigenvalue weighted by Gasteiger charge is -2.14. The molecule has 13 heteroatoms. The summed E-state index contributed by atoms with van der Waals surface area (Å²) in [6.07, 6.45) is -3.17. The predicted molar refractivity (Wildman–Crippen MR) is 108 cm³/mol. The van der Waals surface area contributed by atoms with Crippen LogP contribution >= 0.6 is 25.0 Å². The third kappa shape index (κ3) is 4.77. The molecule has 158 valence electrons. The van der Waals surface area contributed by atoms with Crippen molar-refractivity contribution >= 4 is 45.7 Å². The first-order valence-corrected chi connectivity index (χ1v) is 10.7. The van der Waals surface area contributed by atoms with E-state index in [0.29, 0.717) is 6.42 Å². The molecule has 1 saturated heterocycles. The monoisotopic (exact) mass is 466 g/mol. The molecule has 0 bridgehead atoms. The minimum atomic E-state index is -4.61. The van der Waals surface area contributed by atoms with Gasteiger partial charge >= 0.3 is 6.18 Å². The number of hydrogen-bond acceptors (Lipinski definition) is 6. The zero-order valence-electron chi connectivity index (χ0n) is 15.0. The molecule has 0 unspecified atom stereocenters. The molecule has 3 rings (SSSR count). The van der Waals surface area contributed by atoms with E-state index in [1.54, 1.807) is 6.07 Å². The van der Waals surface area contributed by atoms with Crippen LogP contribution in [0.1, 0.15) is 23.6 Å². The van der Waals surface area contributed by atoms with Gasteiger partial charge in [-0.25, -0.2) is 8.42 Å². The van der Waals surface area contributed by atoms with Gasteiger partial charge in [0.1, 0.15) is 11.1 Å². The van der Waals surface area contributed by atoms with Gasteiger partial charge in [0.05, 0.1) is 23.5 Å². The van der Waals surface area contributed by atoms with E-state index in [1.165, 1.54) is 26.5 Å². The number of benzene rings is 1. The van der Waals surface area contributed by atoms with E-state index >= 15 is 0 Å². The Hall–Kier alpha value is -2.01. The van der Waals surface area contributed by atoms with Gasteiger partial charge in [-0.15, -0.1) is 0 Å². The Labute approximate surface area is 176 Å². The van der Waals surface area contributed by atoms with Crippen LogP contribution in [0.3, 0.4) is 0 Å². The molecule has 1 aliphatic rings. The summed E-state index contributed by atoms with van der Waals surface area (Å²) in [5, 5.41) is 11.9. The normalized spacial score (nSPS) is 17.6. The predicted octanol–water partition coefficient (Wildman–Crippen LogP) is 2.86. The summed E-state index contributed by atoms with van der Waals surface area (Å²) >= 11 is 0.817. The van der Waals surface area contributed by atoms with Crippen molar-refractivity contribution in [1.82, 2.24) is 8.26 Å². The molecule has 1 aliphatic heterocycles. The highest BCUT2D eigenvalue weighted by Gasteiger charge is 2.35. The van der Waals surface area contributed by atoms with Gasteiger partial charge in [-0.1, -0.05) is 12.1 Å². The largest absolute Gasteiger partial charge is 0.418 e. The first-order valence-electron chi connectivity index (χ1n) is 8.06. The van der Waals surface area contributed by atoms with Crippen molar-refractivity contribution in [3.8, 4) is 6.07 Å². The van der Waals surface area contributed by atoms with Crippen LogP contribution in [-0.2, 0) is 16.2 Å². The number of alkyl halides is 3. The average Bonchev–Trinajstić information content (AvgIpc) is 3.19. The quantitative estimate of drug-likeness (QED) is 0.748. The molecule has 0 saturated carbocycles. The second kappa shape index (κ2) is 8.39. The van der Waals surface area contributed by atoms with E-state index in [1.807, 2.05) is 0 Å². The lowest BCUT2D eigenvalue weighted by molar-refractivity contribution is -0.136. The lowest BCUT2D eigenvalue weighted by Crippen LogP contribution is -2.29. The van der Waals surface area contributed by atoms with Crippen molar-refractivity contribution < 1.29 is 21.6 Å². The van der Waals surface area contributed by atoms with Crippen molar-refractivity contribution in [3.63, 3.8) is 0 Å². The van der Waals surface area contributed by atoms with Gasteiger partial charge in [0.2, 0.25) is 10.0 Å². The number of hydrogen-bond donors (Lipinski definition) is 1. The fraction of sp³-hybridized carbons (Fsp3) is 0.375. The summed E-state index contributed by atoms with van der Waals surface area (Å²) in [7, 11) is -3.42. The molecular formula is C16H17F3N4O3S3. The standard InChI is InChI=1S/C16H15F3N4O3S2.H2S/c1-28(25,26)22-7-6-10(9-22)23-15(24)11(8-20)14(27-23)21-13-5-3-2-4-12(13)16(17,18)19;/h2-5,10,21H,6-7,9H2,1H3;1H2/t10-;/m0./s1. The van der Waals surface area contributed by atoms with Gasteiger partial charge < -0.3 is 5.32 Å². The van der Waals surface area contributed by atoms with E-state index in [9.17, 15) is 31.6 Å². The van der Waals surface area contributed by atoms with Crippen LogP contribution in [0.4, 0.5) is 23.9 Å². The Morgan fingerprint density at radius 3 is 2.52 bits per heavy atom. The number of halogens is 3. The van der Waals surface area contributed by atoms with E-state index in [0.717, 1.165) is 23.9 Å². The summed E-state index contributed by atoms with van der Waals surface area (Å²) in [5.74, 6) is 0. The minimum Gasteiger partial charge on any atom is -0.344 e. The lowest BCUT2D eigenvalue weighted by atomic mass is 10.1. The van der Waals surface area contributed by atoms with Gasteiger partial charge in [0.25, 0.3) is 5.56 Å². The van der Waals surface area contributed by atoms with Gasteiger partial charge in [0.15, 0.2) is 5.56 Å². The molecule has 1 N–H and O–H groups in total. The fourth-order valence-corrected chi connectivity index (χ4v) is 4.93. The Bertz CT molecular complexity index is 1100. The molecular weight excluding hydrogens is 449 g/mol. The van der Waals surface area contributed by atoms with Gasteiger partial charge in [0, 0.05) is 13.1 Å². The molecule has 0 aliphatic carbocycles. The van der Waals surface area contributed by atoms with E-state index in [4.69, 9.17) is 0 Å². The summed E-state index contributed by atoms with van der Waals surface area (Å²) in [6.45, 7) is 0.304. The molecule has 29 heavy (non-hydrogen) atoms. The molecule has 2 aromatic rings. The molecule has 7 nitrogen and oxygen atoms in total. The van der Waals surface area contributed by atoms with E-state index < -0.39 is 33.4 Å². The molecule has 1 aromatic carbocycles. The molecule has 1 aromatic heterocycles. The van der Waals surface area contributed by atoms with E-state index in [2.05, 4.69) is 5.32 Å². The Kier molecular flexibility index (Phi) is 6.73. The highest BCUT2D eigenvalue weighted by molar-refractivity contribution is 7.88. The summed E-state index contributed by atoms with van der Waals surface area (Å²) < 4.78 is 65.4. The molecule has 1 fully saturated rings. The zero-order chi connectivity index (χ0) is 20.7. The third-order valence-corrected chi connectivity index (χ3v) is 6.77. The number of nitriles is 1. The van der Waals surface area contributed by atoms with Crippen molar-refractivity contribution in [1.29, 1.82) is 5.26 Å². The van der Waals surface area contributed by atoms with Crippen molar-refractivity contribution in [3.05, 3.63) is 45.7 Å². The topological polar surface area (TPSA) is 95.2 Å². The van der Waals surface area contributed by atoms with Crippen LogP contribution in [0, 0.1) is 11.3 Å². The van der Waals surface area contributed by atoms with Gasteiger partial charge in [-0.2, -0.15) is 36.2 Å². The van der Waals surface area contributed by atoms with Crippen LogP contribution in [0.5, 0.6) is 0 Å². The number of nitrogens with zero attached hydrogens (tertiary/aromatic N) is 3. The van der Waals surface area contributed by atoms with Crippen molar-refractivity contribution in [2.45, 2.75) is 18.6 Å². The Morgan fingerprint density at radius 2 is 1.97 bits per heavy atom. The number of nitrogens with one attached hydrogen (secondary N) is 1. The summed E-state index contributed by atoms with van der Waals surface area (Å²) in [5.41, 5.74) is -2.15. The number of aromatic nitrogens is 1. The Morgan fingerprint density at radius 1 is 1.31 bits per heavy atom. The highest BCUT2D eigenvalue weighted by Crippen LogP contribution is 2.37. The summed E-state index contributed by atoms with van der Waals surface area (Å²) in [4.78, 5) is 12.6.